The van der Waals surface area contributed by atoms with E-state index in [0.717, 1.165) is 11.5 Å². The van der Waals surface area contributed by atoms with Crippen molar-refractivity contribution in [3.05, 3.63) is 45.2 Å². The first-order valence-corrected chi connectivity index (χ1v) is 6.94. The Bertz CT molecular complexity index is 592. The van der Waals surface area contributed by atoms with Gasteiger partial charge in [0.2, 0.25) is 0 Å². The predicted octanol–water partition coefficient (Wildman–Crippen LogP) is 3.88. The Kier molecular flexibility index (Phi) is 4.27. The van der Waals surface area contributed by atoms with Crippen LogP contribution >= 0.6 is 23.1 Å². The summed E-state index contributed by atoms with van der Waals surface area (Å²) >= 11 is 6.96. The molecule has 1 heterocycles. The number of carbonyl (C=O) groups is 1. The zero-order valence-corrected chi connectivity index (χ0v) is 12.1. The number of benzene rings is 1. The molecule has 100 valence electrons. The van der Waals surface area contributed by atoms with Gasteiger partial charge < -0.3 is 0 Å². The van der Waals surface area contributed by atoms with Crippen LogP contribution in [0.1, 0.15) is 40.7 Å². The molecule has 0 unspecified atom stereocenters. The summed E-state index contributed by atoms with van der Waals surface area (Å²) < 4.78 is 17.4. The summed E-state index contributed by atoms with van der Waals surface area (Å²) in [5.41, 5.74) is 0.875. The van der Waals surface area contributed by atoms with Gasteiger partial charge in [0, 0.05) is 17.0 Å². The van der Waals surface area contributed by atoms with Crippen molar-refractivity contribution >= 4 is 28.9 Å². The first kappa shape index (κ1) is 14.1. The number of hydrogen-bond acceptors (Lipinski definition) is 4. The van der Waals surface area contributed by atoms with Crippen LogP contribution < -0.4 is 0 Å². The van der Waals surface area contributed by atoms with Crippen molar-refractivity contribution in [1.82, 2.24) is 9.59 Å². The van der Waals surface area contributed by atoms with E-state index in [0.29, 0.717) is 10.6 Å². The van der Waals surface area contributed by atoms with Crippen molar-refractivity contribution in [2.24, 2.45) is 0 Å². The summed E-state index contributed by atoms with van der Waals surface area (Å²) in [7, 11) is 0. The molecule has 0 saturated carbocycles. The Morgan fingerprint density at radius 1 is 1.47 bits per heavy atom. The number of nitrogens with zero attached hydrogens (tertiary/aromatic N) is 2. The normalized spacial score (nSPS) is 11.0. The summed E-state index contributed by atoms with van der Waals surface area (Å²) in [6.07, 6.45) is -0.0743. The maximum absolute atomic E-state index is 13.6. The molecule has 1 aromatic heterocycles. The number of ketones is 1. The van der Waals surface area contributed by atoms with Gasteiger partial charge in [0.05, 0.1) is 5.69 Å². The van der Waals surface area contributed by atoms with Crippen molar-refractivity contribution in [1.29, 1.82) is 0 Å². The fourth-order valence-electron chi connectivity index (χ4n) is 1.71. The van der Waals surface area contributed by atoms with Crippen LogP contribution in [0, 0.1) is 5.82 Å². The van der Waals surface area contributed by atoms with E-state index in [4.69, 9.17) is 11.6 Å². The zero-order chi connectivity index (χ0) is 14.0. The lowest BCUT2D eigenvalue weighted by molar-refractivity contribution is 0.0994. The van der Waals surface area contributed by atoms with E-state index in [1.165, 1.54) is 12.1 Å². The van der Waals surface area contributed by atoms with Crippen LogP contribution in [0.4, 0.5) is 4.39 Å². The highest BCUT2D eigenvalue weighted by Gasteiger charge is 2.21. The molecule has 0 aliphatic carbocycles. The van der Waals surface area contributed by atoms with Gasteiger partial charge in [-0.25, -0.2) is 4.39 Å². The zero-order valence-electron chi connectivity index (χ0n) is 10.5. The molecule has 0 aliphatic heterocycles. The monoisotopic (exact) mass is 298 g/mol. The third-order valence-corrected chi connectivity index (χ3v) is 3.85. The molecule has 0 amide bonds. The lowest BCUT2D eigenvalue weighted by atomic mass is 10.0. The standard InChI is InChI=1S/C13H12ClFN2OS/c1-7(2)12-13(19-17-16-12)11(18)6-8-9(14)4-3-5-10(8)15/h3-5,7H,6H2,1-2H3. The molecule has 0 aliphatic rings. The number of aromatic nitrogens is 2. The third-order valence-electron chi connectivity index (χ3n) is 2.71. The van der Waals surface area contributed by atoms with E-state index in [-0.39, 0.29) is 28.7 Å². The minimum atomic E-state index is -0.468. The first-order valence-electron chi connectivity index (χ1n) is 5.79. The predicted molar refractivity (Wildman–Crippen MR) is 73.4 cm³/mol. The average molecular weight is 299 g/mol. The van der Waals surface area contributed by atoms with Gasteiger partial charge in [-0.2, -0.15) is 0 Å². The van der Waals surface area contributed by atoms with Crippen LogP contribution in [0.2, 0.25) is 5.02 Å². The van der Waals surface area contributed by atoms with Crippen molar-refractivity contribution in [3.8, 4) is 0 Å². The molecule has 0 fully saturated rings. The molecule has 0 bridgehead atoms. The van der Waals surface area contributed by atoms with Gasteiger partial charge in [0.15, 0.2) is 5.78 Å². The number of rotatable bonds is 4. The number of hydrogen-bond donors (Lipinski definition) is 0. The maximum Gasteiger partial charge on any atom is 0.180 e. The van der Waals surface area contributed by atoms with Crippen molar-refractivity contribution < 1.29 is 9.18 Å². The fourth-order valence-corrected chi connectivity index (χ4v) is 2.70. The van der Waals surface area contributed by atoms with E-state index < -0.39 is 5.82 Å². The minimum Gasteiger partial charge on any atom is -0.293 e. The molecular weight excluding hydrogens is 287 g/mol. The van der Waals surface area contributed by atoms with Crippen LogP contribution in [0.3, 0.4) is 0 Å². The van der Waals surface area contributed by atoms with Crippen molar-refractivity contribution in [2.75, 3.05) is 0 Å². The highest BCUT2D eigenvalue weighted by Crippen LogP contribution is 2.25. The van der Waals surface area contributed by atoms with Crippen molar-refractivity contribution in [2.45, 2.75) is 26.2 Å². The van der Waals surface area contributed by atoms with Gasteiger partial charge in [-0.15, -0.1) is 5.10 Å². The van der Waals surface area contributed by atoms with Gasteiger partial charge >= 0.3 is 0 Å². The summed E-state index contributed by atoms with van der Waals surface area (Å²) in [6, 6.07) is 4.38. The highest BCUT2D eigenvalue weighted by molar-refractivity contribution is 7.08. The number of Topliss-reactive ketones (excluding diaryl/α,β-unsaturated/α-hetero) is 1. The highest BCUT2D eigenvalue weighted by atomic mass is 35.5. The molecule has 0 radical (unpaired) electrons. The second-order valence-electron chi connectivity index (χ2n) is 4.44. The van der Waals surface area contributed by atoms with Gasteiger partial charge in [0.25, 0.3) is 0 Å². The second kappa shape index (κ2) is 5.75. The fraction of sp³-hybridized carbons (Fsp3) is 0.308. The average Bonchev–Trinajstić information content (AvgIpc) is 2.83. The molecule has 0 spiro atoms. The van der Waals surface area contributed by atoms with Crippen molar-refractivity contribution in [3.63, 3.8) is 0 Å². The topological polar surface area (TPSA) is 42.9 Å². The molecule has 1 aromatic carbocycles. The third kappa shape index (κ3) is 2.98. The summed E-state index contributed by atoms with van der Waals surface area (Å²) in [5, 5.41) is 4.21. The molecule has 0 atom stereocenters. The summed E-state index contributed by atoms with van der Waals surface area (Å²) in [5.74, 6) is -0.566. The van der Waals surface area contributed by atoms with E-state index in [2.05, 4.69) is 9.59 Å². The van der Waals surface area contributed by atoms with Gasteiger partial charge in [-0.3, -0.25) is 4.79 Å². The molecule has 0 saturated heterocycles. The molecular formula is C13H12ClFN2OS. The molecule has 0 N–H and O–H groups in total. The molecule has 2 rings (SSSR count). The number of halogens is 2. The molecule has 2 aromatic rings. The Labute approximate surface area is 119 Å². The molecule has 3 nitrogen and oxygen atoms in total. The maximum atomic E-state index is 13.6. The van der Waals surface area contributed by atoms with E-state index >= 15 is 0 Å². The first-order chi connectivity index (χ1) is 9.00. The lowest BCUT2D eigenvalue weighted by Crippen LogP contribution is -2.07. The minimum absolute atomic E-state index is 0.0743. The van der Waals surface area contributed by atoms with Crippen LogP contribution in [-0.4, -0.2) is 15.4 Å². The molecule has 6 heteroatoms. The van der Waals surface area contributed by atoms with Gasteiger partial charge in [0.1, 0.15) is 10.7 Å². The quantitative estimate of drug-likeness (QED) is 0.805. The van der Waals surface area contributed by atoms with Gasteiger partial charge in [-0.05, 0) is 29.6 Å². The Balaban J connectivity index is 2.29. The van der Waals surface area contributed by atoms with Crippen LogP contribution in [0.25, 0.3) is 0 Å². The SMILES string of the molecule is CC(C)c1nnsc1C(=O)Cc1c(F)cccc1Cl. The van der Waals surface area contributed by atoms with Crippen LogP contribution in [-0.2, 0) is 6.42 Å². The van der Waals surface area contributed by atoms with Crippen LogP contribution in [0.15, 0.2) is 18.2 Å². The van der Waals surface area contributed by atoms with E-state index in [1.807, 2.05) is 13.8 Å². The van der Waals surface area contributed by atoms with E-state index in [9.17, 15) is 9.18 Å². The van der Waals surface area contributed by atoms with E-state index in [1.54, 1.807) is 6.07 Å². The Hall–Kier alpha value is -1.33. The lowest BCUT2D eigenvalue weighted by Gasteiger charge is -2.06. The Morgan fingerprint density at radius 3 is 2.84 bits per heavy atom. The molecule has 19 heavy (non-hydrogen) atoms. The largest absolute Gasteiger partial charge is 0.293 e. The smallest absolute Gasteiger partial charge is 0.180 e. The Morgan fingerprint density at radius 2 is 2.21 bits per heavy atom. The summed E-state index contributed by atoms with van der Waals surface area (Å²) in [6.45, 7) is 3.87. The summed E-state index contributed by atoms with van der Waals surface area (Å²) in [4.78, 5) is 12.7. The number of carbonyl (C=O) groups excluding carboxylic acids is 1. The van der Waals surface area contributed by atoms with Gasteiger partial charge in [-0.1, -0.05) is 36.0 Å². The second-order valence-corrected chi connectivity index (χ2v) is 5.60. The van der Waals surface area contributed by atoms with Crippen LogP contribution in [0.5, 0.6) is 0 Å².